The molecule has 0 spiro atoms. The standard InChI is InChI=1S/C27H26ClN7O3/c28-21-8-12-23(13-9-21)33-26(36)34-14-15-35(18-29,17-24(34)20-4-2-1-3-5-20)25(30)32-22-10-6-19(7-11-22)16-31-27(37)38/h1-13,24,31H,14-17H2,(H3-,30,32,33,36,37,38)/p+1. The molecule has 194 valence electrons. The van der Waals surface area contributed by atoms with Crippen LogP contribution in [0.25, 0.3) is 0 Å². The van der Waals surface area contributed by atoms with Gasteiger partial charge in [-0.3, -0.25) is 0 Å². The number of nitrogens with two attached hydrogens (primary N) is 1. The van der Waals surface area contributed by atoms with Gasteiger partial charge in [0.05, 0.1) is 12.2 Å². The van der Waals surface area contributed by atoms with Gasteiger partial charge in [0.2, 0.25) is 0 Å². The Kier molecular flexibility index (Phi) is 8.11. The molecule has 1 saturated heterocycles. The number of rotatable bonds is 5. The molecule has 0 bridgehead atoms. The van der Waals surface area contributed by atoms with Crippen molar-refractivity contribution in [1.82, 2.24) is 10.2 Å². The molecule has 1 heterocycles. The van der Waals surface area contributed by atoms with Crippen LogP contribution in [-0.2, 0) is 6.54 Å². The molecule has 1 aliphatic rings. The third-order valence-corrected chi connectivity index (χ3v) is 6.63. The minimum absolute atomic E-state index is 0.114. The molecule has 1 aliphatic heterocycles. The first kappa shape index (κ1) is 26.5. The highest BCUT2D eigenvalue weighted by Gasteiger charge is 2.46. The second-order valence-electron chi connectivity index (χ2n) is 8.83. The number of carbonyl (C=O) groups is 2. The maximum Gasteiger partial charge on any atom is 0.404 e. The quantitative estimate of drug-likeness (QED) is 0.164. The van der Waals surface area contributed by atoms with E-state index in [1.54, 1.807) is 53.4 Å². The number of nitrogens with zero attached hydrogens (tertiary/aromatic N) is 4. The highest BCUT2D eigenvalue weighted by atomic mass is 35.5. The third kappa shape index (κ3) is 6.21. The molecule has 10 nitrogen and oxygen atoms in total. The molecule has 1 fully saturated rings. The Bertz CT molecular complexity index is 1360. The normalized spacial score (nSPS) is 19.3. The summed E-state index contributed by atoms with van der Waals surface area (Å²) >= 11 is 5.97. The number of halogens is 1. The van der Waals surface area contributed by atoms with E-state index in [0.717, 1.165) is 11.1 Å². The van der Waals surface area contributed by atoms with E-state index < -0.39 is 12.1 Å². The number of hydrogen-bond donors (Lipinski definition) is 4. The summed E-state index contributed by atoms with van der Waals surface area (Å²) in [5, 5.41) is 24.8. The molecule has 0 saturated carbocycles. The van der Waals surface area contributed by atoms with Crippen LogP contribution in [0, 0.1) is 11.5 Å². The molecule has 0 aliphatic carbocycles. The number of guanidine groups is 1. The number of nitrogens with one attached hydrogen (secondary N) is 2. The van der Waals surface area contributed by atoms with Crippen LogP contribution < -0.4 is 16.4 Å². The average molecular weight is 533 g/mol. The Morgan fingerprint density at radius 2 is 1.79 bits per heavy atom. The number of urea groups is 1. The molecule has 0 aromatic heterocycles. The molecular formula is C27H27ClN7O3+. The molecule has 3 aromatic rings. The maximum absolute atomic E-state index is 13.3. The van der Waals surface area contributed by atoms with Gasteiger partial charge in [-0.1, -0.05) is 54.1 Å². The third-order valence-electron chi connectivity index (χ3n) is 6.38. The number of amides is 3. The summed E-state index contributed by atoms with van der Waals surface area (Å²) in [4.78, 5) is 30.2. The summed E-state index contributed by atoms with van der Waals surface area (Å²) in [5.41, 5.74) is 9.22. The van der Waals surface area contributed by atoms with E-state index >= 15 is 0 Å². The number of carbonyl (C=O) groups excluding carboxylic acids is 1. The highest BCUT2D eigenvalue weighted by molar-refractivity contribution is 6.30. The smallest absolute Gasteiger partial charge is 0.404 e. The summed E-state index contributed by atoms with van der Waals surface area (Å²) < 4.78 is -0.257. The van der Waals surface area contributed by atoms with E-state index in [2.05, 4.69) is 21.8 Å². The number of quaternary nitrogens is 1. The minimum atomic E-state index is -1.11. The zero-order valence-electron chi connectivity index (χ0n) is 20.4. The lowest BCUT2D eigenvalue weighted by atomic mass is 10.0. The van der Waals surface area contributed by atoms with Crippen LogP contribution in [-0.4, -0.2) is 52.2 Å². The van der Waals surface area contributed by atoms with E-state index in [1.807, 2.05) is 30.3 Å². The van der Waals surface area contributed by atoms with E-state index in [4.69, 9.17) is 22.4 Å². The summed E-state index contributed by atoms with van der Waals surface area (Å²) in [5.74, 6) is 0.114. The Morgan fingerprint density at radius 1 is 1.11 bits per heavy atom. The van der Waals surface area contributed by atoms with E-state index in [-0.39, 0.29) is 42.7 Å². The predicted octanol–water partition coefficient (Wildman–Crippen LogP) is 4.64. The number of piperazine rings is 1. The zero-order chi connectivity index (χ0) is 27.1. The molecule has 3 aromatic carbocycles. The second-order valence-corrected chi connectivity index (χ2v) is 9.26. The molecule has 4 rings (SSSR count). The highest BCUT2D eigenvalue weighted by Crippen LogP contribution is 2.31. The van der Waals surface area contributed by atoms with Gasteiger partial charge in [0.1, 0.15) is 19.1 Å². The van der Waals surface area contributed by atoms with E-state index in [9.17, 15) is 14.9 Å². The maximum atomic E-state index is 13.3. The van der Waals surface area contributed by atoms with Crippen LogP contribution in [0.1, 0.15) is 17.2 Å². The van der Waals surface area contributed by atoms with Crippen molar-refractivity contribution in [3.8, 4) is 6.19 Å². The summed E-state index contributed by atoms with van der Waals surface area (Å²) in [6, 6.07) is 22.5. The second kappa shape index (κ2) is 11.6. The Balaban J connectivity index is 1.58. The summed E-state index contributed by atoms with van der Waals surface area (Å²) in [7, 11) is 0. The lowest BCUT2D eigenvalue weighted by Crippen LogP contribution is -2.64. The van der Waals surface area contributed by atoms with Crippen molar-refractivity contribution in [3.63, 3.8) is 0 Å². The van der Waals surface area contributed by atoms with E-state index in [1.165, 1.54) is 0 Å². The summed E-state index contributed by atoms with van der Waals surface area (Å²) in [6.07, 6.45) is 1.22. The van der Waals surface area contributed by atoms with Crippen LogP contribution in [0.5, 0.6) is 0 Å². The fourth-order valence-electron chi connectivity index (χ4n) is 4.30. The van der Waals surface area contributed by atoms with Gasteiger partial charge in [-0.25, -0.2) is 9.59 Å². The van der Waals surface area contributed by atoms with Gasteiger partial charge >= 0.3 is 24.3 Å². The van der Waals surface area contributed by atoms with Crippen molar-refractivity contribution in [2.45, 2.75) is 12.6 Å². The van der Waals surface area contributed by atoms with Crippen molar-refractivity contribution in [3.05, 3.63) is 95.0 Å². The molecule has 0 radical (unpaired) electrons. The monoisotopic (exact) mass is 532 g/mol. The molecule has 5 N–H and O–H groups in total. The molecule has 2 unspecified atom stereocenters. The number of carboxylic acid groups (broad SMARTS) is 1. The number of hydrogen-bond acceptors (Lipinski definition) is 4. The first-order chi connectivity index (χ1) is 18.3. The summed E-state index contributed by atoms with van der Waals surface area (Å²) in [6.45, 7) is 0.899. The van der Waals surface area contributed by atoms with Crippen molar-refractivity contribution < 1.29 is 19.2 Å². The average Bonchev–Trinajstić information content (AvgIpc) is 2.94. The Labute approximate surface area is 225 Å². The van der Waals surface area contributed by atoms with Crippen LogP contribution in [0.15, 0.2) is 83.9 Å². The van der Waals surface area contributed by atoms with Crippen LogP contribution in [0.3, 0.4) is 0 Å². The topological polar surface area (TPSA) is 144 Å². The number of benzene rings is 3. The lowest BCUT2D eigenvalue weighted by Gasteiger charge is -2.42. The van der Waals surface area contributed by atoms with Gasteiger partial charge in [0.25, 0.3) is 0 Å². The number of anilines is 1. The van der Waals surface area contributed by atoms with Crippen LogP contribution in [0.4, 0.5) is 21.0 Å². The fraction of sp³-hybridized carbons (Fsp3) is 0.185. The van der Waals surface area contributed by atoms with Crippen molar-refractivity contribution in [1.29, 1.82) is 5.26 Å². The Morgan fingerprint density at radius 3 is 2.42 bits per heavy atom. The largest absolute Gasteiger partial charge is 0.465 e. The first-order valence-electron chi connectivity index (χ1n) is 11.9. The minimum Gasteiger partial charge on any atom is -0.465 e. The SMILES string of the molecule is N#C[N+]1(C(N)=Nc2ccc(CNC(=O)O)cc2)CCN(C(=O)Nc2ccc(Cl)cc2)C(c2ccccc2)C1. The molecule has 2 atom stereocenters. The molecule has 38 heavy (non-hydrogen) atoms. The van der Waals surface area contributed by atoms with E-state index in [0.29, 0.717) is 16.4 Å². The van der Waals surface area contributed by atoms with Crippen molar-refractivity contribution in [2.75, 3.05) is 25.0 Å². The fourth-order valence-corrected chi connectivity index (χ4v) is 4.42. The van der Waals surface area contributed by atoms with Crippen molar-refractivity contribution >= 4 is 41.1 Å². The molecular weight excluding hydrogens is 506 g/mol. The van der Waals surface area contributed by atoms with Gasteiger partial charge in [0, 0.05) is 17.3 Å². The molecule has 3 amide bonds. The van der Waals surface area contributed by atoms with Gasteiger partial charge < -0.3 is 26.4 Å². The van der Waals surface area contributed by atoms with Crippen LogP contribution in [0.2, 0.25) is 5.02 Å². The zero-order valence-corrected chi connectivity index (χ0v) is 21.2. The number of aliphatic imine (C=N–C) groups is 1. The van der Waals surface area contributed by atoms with Crippen molar-refractivity contribution in [2.24, 2.45) is 10.7 Å². The molecule has 11 heteroatoms. The van der Waals surface area contributed by atoms with Gasteiger partial charge in [0.15, 0.2) is 0 Å². The van der Waals surface area contributed by atoms with Gasteiger partial charge in [-0.2, -0.15) is 9.48 Å². The predicted molar refractivity (Wildman–Crippen MR) is 145 cm³/mol. The first-order valence-corrected chi connectivity index (χ1v) is 12.2. The Hall–Kier alpha value is -4.59. The van der Waals surface area contributed by atoms with Gasteiger partial charge in [-0.15, -0.1) is 5.26 Å². The van der Waals surface area contributed by atoms with Gasteiger partial charge in [-0.05, 0) is 47.5 Å². The van der Waals surface area contributed by atoms with Crippen LogP contribution >= 0.6 is 11.6 Å². The number of nitriles is 1. The lowest BCUT2D eigenvalue weighted by molar-refractivity contribution is -0.785.